The molecule has 1 amide bonds. The Morgan fingerprint density at radius 3 is 2.66 bits per heavy atom. The Balaban J connectivity index is 1.49. The number of hydrogen-bond acceptors (Lipinski definition) is 4. The monoisotopic (exact) mass is 395 g/mol. The van der Waals surface area contributed by atoms with Crippen LogP contribution in [0.1, 0.15) is 31.1 Å². The molecule has 0 spiro atoms. The minimum Gasteiger partial charge on any atom is -0.377 e. The van der Waals surface area contributed by atoms with Crippen molar-refractivity contribution >= 4 is 28.3 Å². The molecule has 1 aromatic carbocycles. The van der Waals surface area contributed by atoms with Gasteiger partial charge in [0.15, 0.2) is 5.82 Å². The second-order valence-electron chi connectivity index (χ2n) is 8.42. The maximum atomic E-state index is 13.6. The molecule has 3 aromatic rings. The van der Waals surface area contributed by atoms with Gasteiger partial charge in [0.25, 0.3) is 5.91 Å². The summed E-state index contributed by atoms with van der Waals surface area (Å²) >= 11 is 0. The lowest BCUT2D eigenvalue weighted by Gasteiger charge is -2.37. The molecule has 4 rings (SSSR count). The molecule has 29 heavy (non-hydrogen) atoms. The SMILES string of the molecule is CC(C)(C)Nc1cccnc1N1CCN(C(=O)c2c[nH]c3ccc(F)cc23)CC1. The van der Waals surface area contributed by atoms with E-state index in [1.54, 1.807) is 18.5 Å². The van der Waals surface area contributed by atoms with Gasteiger partial charge in [-0.05, 0) is 51.1 Å². The lowest BCUT2D eigenvalue weighted by atomic mass is 10.1. The average Bonchev–Trinajstić information content (AvgIpc) is 3.10. The number of benzene rings is 1. The van der Waals surface area contributed by atoms with Crippen molar-refractivity contribution < 1.29 is 9.18 Å². The molecule has 1 saturated heterocycles. The van der Waals surface area contributed by atoms with E-state index in [1.807, 2.05) is 17.0 Å². The Morgan fingerprint density at radius 1 is 1.17 bits per heavy atom. The van der Waals surface area contributed by atoms with Crippen LogP contribution in [0.3, 0.4) is 0 Å². The molecule has 0 unspecified atom stereocenters. The normalized spacial score (nSPS) is 15.0. The van der Waals surface area contributed by atoms with Gasteiger partial charge in [-0.25, -0.2) is 9.37 Å². The summed E-state index contributed by atoms with van der Waals surface area (Å²) in [5.41, 5.74) is 2.20. The van der Waals surface area contributed by atoms with E-state index in [9.17, 15) is 9.18 Å². The molecule has 1 fully saturated rings. The highest BCUT2D eigenvalue weighted by atomic mass is 19.1. The minimum absolute atomic E-state index is 0.0693. The van der Waals surface area contributed by atoms with E-state index in [4.69, 9.17) is 0 Å². The fourth-order valence-corrected chi connectivity index (χ4v) is 3.71. The van der Waals surface area contributed by atoms with Gasteiger partial charge in [0.1, 0.15) is 5.82 Å². The van der Waals surface area contributed by atoms with Crippen LogP contribution in [0.5, 0.6) is 0 Å². The van der Waals surface area contributed by atoms with Crippen LogP contribution in [0.2, 0.25) is 0 Å². The van der Waals surface area contributed by atoms with E-state index in [1.165, 1.54) is 12.1 Å². The van der Waals surface area contributed by atoms with Gasteiger partial charge in [0, 0.05) is 55.0 Å². The van der Waals surface area contributed by atoms with Gasteiger partial charge in [-0.3, -0.25) is 4.79 Å². The Labute approximate surface area is 169 Å². The summed E-state index contributed by atoms with van der Waals surface area (Å²) in [7, 11) is 0. The van der Waals surface area contributed by atoms with E-state index >= 15 is 0 Å². The van der Waals surface area contributed by atoms with E-state index < -0.39 is 0 Å². The van der Waals surface area contributed by atoms with Crippen LogP contribution in [-0.4, -0.2) is 52.5 Å². The fourth-order valence-electron chi connectivity index (χ4n) is 3.71. The number of rotatable bonds is 3. The molecule has 0 atom stereocenters. The summed E-state index contributed by atoms with van der Waals surface area (Å²) in [5, 5.41) is 4.13. The maximum absolute atomic E-state index is 13.6. The summed E-state index contributed by atoms with van der Waals surface area (Å²) in [5.74, 6) is 0.490. The van der Waals surface area contributed by atoms with Crippen molar-refractivity contribution in [2.75, 3.05) is 36.4 Å². The van der Waals surface area contributed by atoms with Crippen molar-refractivity contribution in [1.29, 1.82) is 0 Å². The molecule has 0 saturated carbocycles. The Hall–Kier alpha value is -3.09. The van der Waals surface area contributed by atoms with Crippen LogP contribution >= 0.6 is 0 Å². The quantitative estimate of drug-likeness (QED) is 0.707. The number of aromatic nitrogens is 2. The van der Waals surface area contributed by atoms with E-state index in [0.717, 1.165) is 17.0 Å². The Kier molecular flexibility index (Phi) is 4.90. The largest absolute Gasteiger partial charge is 0.377 e. The Bertz CT molecular complexity index is 1030. The molecule has 7 heteroatoms. The number of H-pyrrole nitrogens is 1. The van der Waals surface area contributed by atoms with Crippen molar-refractivity contribution in [2.24, 2.45) is 0 Å². The second kappa shape index (κ2) is 7.39. The number of nitrogens with zero attached hydrogens (tertiary/aromatic N) is 3. The fraction of sp³-hybridized carbons (Fsp3) is 0.364. The third-order valence-corrected chi connectivity index (χ3v) is 5.04. The smallest absolute Gasteiger partial charge is 0.256 e. The van der Waals surface area contributed by atoms with Crippen LogP contribution < -0.4 is 10.2 Å². The first-order chi connectivity index (χ1) is 13.8. The predicted octanol–water partition coefficient (Wildman–Crippen LogP) is 3.87. The average molecular weight is 395 g/mol. The topological polar surface area (TPSA) is 64.3 Å². The molecule has 0 radical (unpaired) electrons. The number of carbonyl (C=O) groups is 1. The molecular weight excluding hydrogens is 369 g/mol. The third kappa shape index (κ3) is 4.04. The molecule has 1 aliphatic rings. The molecule has 2 aromatic heterocycles. The summed E-state index contributed by atoms with van der Waals surface area (Å²) in [6, 6.07) is 8.42. The first kappa shape index (κ1) is 19.2. The molecule has 152 valence electrons. The van der Waals surface area contributed by atoms with Gasteiger partial charge >= 0.3 is 0 Å². The molecule has 1 aliphatic heterocycles. The highest BCUT2D eigenvalue weighted by molar-refractivity contribution is 6.06. The lowest BCUT2D eigenvalue weighted by molar-refractivity contribution is 0.0748. The third-order valence-electron chi connectivity index (χ3n) is 5.04. The number of nitrogens with one attached hydrogen (secondary N) is 2. The zero-order valence-corrected chi connectivity index (χ0v) is 17.0. The van der Waals surface area contributed by atoms with E-state index in [-0.39, 0.29) is 17.3 Å². The van der Waals surface area contributed by atoms with Gasteiger partial charge in [-0.15, -0.1) is 0 Å². The summed E-state index contributed by atoms with van der Waals surface area (Å²) in [6.45, 7) is 8.91. The van der Waals surface area contributed by atoms with Gasteiger partial charge in [0.05, 0.1) is 11.3 Å². The number of fused-ring (bicyclic) bond motifs is 1. The van der Waals surface area contributed by atoms with Crippen molar-refractivity contribution in [3.05, 3.63) is 54.1 Å². The molecule has 0 aliphatic carbocycles. The van der Waals surface area contributed by atoms with Crippen LogP contribution in [0, 0.1) is 5.82 Å². The molecule has 3 heterocycles. The zero-order valence-electron chi connectivity index (χ0n) is 17.0. The number of amides is 1. The van der Waals surface area contributed by atoms with Crippen LogP contribution in [0.15, 0.2) is 42.7 Å². The second-order valence-corrected chi connectivity index (χ2v) is 8.42. The maximum Gasteiger partial charge on any atom is 0.256 e. The number of aromatic amines is 1. The molecular formula is C22H26FN5O. The summed E-state index contributed by atoms with van der Waals surface area (Å²) < 4.78 is 13.6. The first-order valence-electron chi connectivity index (χ1n) is 9.86. The van der Waals surface area contributed by atoms with Gasteiger partial charge < -0.3 is 20.1 Å². The van der Waals surface area contributed by atoms with Crippen molar-refractivity contribution in [2.45, 2.75) is 26.3 Å². The molecule has 6 nitrogen and oxygen atoms in total. The first-order valence-corrected chi connectivity index (χ1v) is 9.86. The van der Waals surface area contributed by atoms with Crippen LogP contribution in [0.25, 0.3) is 10.9 Å². The highest BCUT2D eigenvalue weighted by Crippen LogP contribution is 2.27. The molecule has 0 bridgehead atoms. The van der Waals surface area contributed by atoms with Gasteiger partial charge in [-0.1, -0.05) is 0 Å². The van der Waals surface area contributed by atoms with Crippen molar-refractivity contribution in [3.8, 4) is 0 Å². The Morgan fingerprint density at radius 2 is 1.93 bits per heavy atom. The van der Waals surface area contributed by atoms with Crippen LogP contribution in [-0.2, 0) is 0 Å². The number of carbonyl (C=O) groups excluding carboxylic acids is 1. The van der Waals surface area contributed by atoms with Gasteiger partial charge in [-0.2, -0.15) is 0 Å². The minimum atomic E-state index is -0.343. The van der Waals surface area contributed by atoms with E-state index in [0.29, 0.717) is 37.1 Å². The number of hydrogen-bond donors (Lipinski definition) is 2. The number of halogens is 1. The van der Waals surface area contributed by atoms with Crippen molar-refractivity contribution in [3.63, 3.8) is 0 Å². The lowest BCUT2D eigenvalue weighted by Crippen LogP contribution is -2.49. The summed E-state index contributed by atoms with van der Waals surface area (Å²) in [6.07, 6.45) is 3.46. The predicted molar refractivity (Wildman–Crippen MR) is 114 cm³/mol. The zero-order chi connectivity index (χ0) is 20.6. The van der Waals surface area contributed by atoms with Crippen molar-refractivity contribution in [1.82, 2.24) is 14.9 Å². The van der Waals surface area contributed by atoms with Crippen LogP contribution in [0.4, 0.5) is 15.9 Å². The number of anilines is 2. The van der Waals surface area contributed by atoms with Gasteiger partial charge in [0.2, 0.25) is 0 Å². The standard InChI is InChI=1S/C22H26FN5O/c1-22(2,3)26-19-5-4-8-24-20(19)27-9-11-28(12-10-27)21(29)17-14-25-18-7-6-15(23)13-16(17)18/h4-8,13-14,25-26H,9-12H2,1-3H3. The number of pyridine rings is 1. The number of piperazine rings is 1. The summed E-state index contributed by atoms with van der Waals surface area (Å²) in [4.78, 5) is 24.7. The van der Waals surface area contributed by atoms with E-state index in [2.05, 4.69) is 41.0 Å². The molecule has 2 N–H and O–H groups in total. The highest BCUT2D eigenvalue weighted by Gasteiger charge is 2.26.